The average molecular weight is 286 g/mol. The predicted octanol–water partition coefficient (Wildman–Crippen LogP) is 3.21. The van der Waals surface area contributed by atoms with E-state index in [1.165, 1.54) is 24.6 Å². The summed E-state index contributed by atoms with van der Waals surface area (Å²) in [5.41, 5.74) is 0.524. The van der Waals surface area contributed by atoms with E-state index in [1.54, 1.807) is 4.90 Å². The van der Waals surface area contributed by atoms with E-state index in [0.29, 0.717) is 16.1 Å². The Bertz CT molecular complexity index is 417. The Hall–Kier alpha value is -0.900. The highest BCUT2D eigenvalue weighted by Gasteiger charge is 2.27. The van der Waals surface area contributed by atoms with Crippen molar-refractivity contribution in [3.8, 4) is 0 Å². The number of rotatable bonds is 2. The number of carbonyl (C=O) groups is 1. The highest BCUT2D eigenvalue weighted by atomic mass is 79.9. The Labute approximate surface area is 103 Å². The number of nitrogens with zero attached hydrogens (tertiary/aromatic N) is 1. The lowest BCUT2D eigenvalue weighted by molar-refractivity contribution is 0.0651. The minimum absolute atomic E-state index is 0.0448. The van der Waals surface area contributed by atoms with Crippen LogP contribution in [0, 0.1) is 5.82 Å². The fraction of sp³-hybridized carbons (Fsp3) is 0.417. The maximum Gasteiger partial charge on any atom is 0.254 e. The molecule has 1 aromatic carbocycles. The van der Waals surface area contributed by atoms with Crippen molar-refractivity contribution in [3.63, 3.8) is 0 Å². The molecular formula is C12H13BrFNO. The van der Waals surface area contributed by atoms with Crippen LogP contribution >= 0.6 is 15.9 Å². The zero-order chi connectivity index (χ0) is 11.7. The van der Waals surface area contributed by atoms with Crippen molar-refractivity contribution >= 4 is 21.8 Å². The molecule has 1 saturated carbocycles. The molecule has 86 valence electrons. The summed E-state index contributed by atoms with van der Waals surface area (Å²) in [6.45, 7) is 0. The lowest BCUT2D eigenvalue weighted by atomic mass is 9.91. The van der Waals surface area contributed by atoms with Crippen LogP contribution < -0.4 is 0 Å². The highest BCUT2D eigenvalue weighted by molar-refractivity contribution is 9.10. The minimum atomic E-state index is -0.338. The Morgan fingerprint density at radius 3 is 2.69 bits per heavy atom. The van der Waals surface area contributed by atoms with Crippen LogP contribution in [-0.4, -0.2) is 23.9 Å². The van der Waals surface area contributed by atoms with Gasteiger partial charge in [-0.3, -0.25) is 4.79 Å². The van der Waals surface area contributed by atoms with Crippen molar-refractivity contribution in [2.24, 2.45) is 0 Å². The summed E-state index contributed by atoms with van der Waals surface area (Å²) >= 11 is 3.22. The monoisotopic (exact) mass is 285 g/mol. The van der Waals surface area contributed by atoms with Gasteiger partial charge in [0.25, 0.3) is 5.91 Å². The van der Waals surface area contributed by atoms with E-state index >= 15 is 0 Å². The Balaban J connectivity index is 2.19. The largest absolute Gasteiger partial charge is 0.339 e. The van der Waals surface area contributed by atoms with Crippen LogP contribution in [0.25, 0.3) is 0 Å². The van der Waals surface area contributed by atoms with Gasteiger partial charge in [-0.2, -0.15) is 0 Å². The number of halogens is 2. The van der Waals surface area contributed by atoms with Gasteiger partial charge < -0.3 is 4.90 Å². The smallest absolute Gasteiger partial charge is 0.254 e. The van der Waals surface area contributed by atoms with Gasteiger partial charge >= 0.3 is 0 Å². The third-order valence-corrected chi connectivity index (χ3v) is 3.76. The fourth-order valence-electron chi connectivity index (χ4n) is 1.79. The zero-order valence-corrected chi connectivity index (χ0v) is 10.6. The molecule has 1 amide bonds. The third kappa shape index (κ3) is 2.12. The summed E-state index contributed by atoms with van der Waals surface area (Å²) < 4.78 is 13.4. The quantitative estimate of drug-likeness (QED) is 0.817. The van der Waals surface area contributed by atoms with Gasteiger partial charge in [0.05, 0.1) is 5.56 Å². The molecule has 2 nitrogen and oxygen atoms in total. The van der Waals surface area contributed by atoms with E-state index in [0.717, 1.165) is 12.8 Å². The number of hydrogen-bond donors (Lipinski definition) is 0. The van der Waals surface area contributed by atoms with Crippen LogP contribution in [0.15, 0.2) is 22.7 Å². The number of benzene rings is 1. The first-order valence-electron chi connectivity index (χ1n) is 5.32. The van der Waals surface area contributed by atoms with Crippen molar-refractivity contribution in [3.05, 3.63) is 34.1 Å². The Morgan fingerprint density at radius 2 is 2.19 bits per heavy atom. The van der Waals surface area contributed by atoms with Gasteiger partial charge in [0.15, 0.2) is 0 Å². The lowest BCUT2D eigenvalue weighted by Gasteiger charge is -2.34. The molecule has 1 aromatic rings. The van der Waals surface area contributed by atoms with E-state index in [1.807, 2.05) is 7.05 Å². The second-order valence-corrected chi connectivity index (χ2v) is 4.98. The highest BCUT2D eigenvalue weighted by Crippen LogP contribution is 2.27. The molecule has 1 fully saturated rings. The van der Waals surface area contributed by atoms with Gasteiger partial charge in [-0.15, -0.1) is 0 Å². The van der Waals surface area contributed by atoms with Crippen LogP contribution in [-0.2, 0) is 0 Å². The molecule has 4 heteroatoms. The summed E-state index contributed by atoms with van der Waals surface area (Å²) in [7, 11) is 1.81. The summed E-state index contributed by atoms with van der Waals surface area (Å²) in [5, 5.41) is 0. The van der Waals surface area contributed by atoms with E-state index in [-0.39, 0.29) is 11.7 Å². The first kappa shape index (κ1) is 11.6. The molecule has 0 N–H and O–H groups in total. The average Bonchev–Trinajstić information content (AvgIpc) is 2.14. The summed E-state index contributed by atoms with van der Waals surface area (Å²) in [6, 6.07) is 4.51. The molecule has 2 rings (SSSR count). The van der Waals surface area contributed by atoms with Crippen LogP contribution in [0.2, 0.25) is 0 Å². The van der Waals surface area contributed by atoms with Gasteiger partial charge in [-0.1, -0.05) is 0 Å². The summed E-state index contributed by atoms with van der Waals surface area (Å²) in [6.07, 6.45) is 3.33. The molecule has 0 saturated heterocycles. The molecule has 0 radical (unpaired) electrons. The number of hydrogen-bond acceptors (Lipinski definition) is 1. The maximum atomic E-state index is 12.9. The van der Waals surface area contributed by atoms with Crippen LogP contribution in [0.5, 0.6) is 0 Å². The second-order valence-electron chi connectivity index (χ2n) is 4.12. The van der Waals surface area contributed by atoms with Crippen LogP contribution in [0.4, 0.5) is 4.39 Å². The van der Waals surface area contributed by atoms with Gasteiger partial charge in [-0.05, 0) is 53.4 Å². The van der Waals surface area contributed by atoms with Crippen molar-refractivity contribution in [2.45, 2.75) is 25.3 Å². The van der Waals surface area contributed by atoms with Crippen LogP contribution in [0.3, 0.4) is 0 Å². The molecule has 1 aliphatic rings. The fourth-order valence-corrected chi connectivity index (χ4v) is 2.31. The molecule has 0 spiro atoms. The zero-order valence-electron chi connectivity index (χ0n) is 9.04. The molecule has 0 aromatic heterocycles. The van der Waals surface area contributed by atoms with Gasteiger partial charge in [-0.25, -0.2) is 4.39 Å². The van der Waals surface area contributed by atoms with E-state index in [9.17, 15) is 9.18 Å². The SMILES string of the molecule is CN(C(=O)c1ccc(F)cc1Br)C1CCC1. The predicted molar refractivity (Wildman–Crippen MR) is 63.8 cm³/mol. The first-order chi connectivity index (χ1) is 7.59. The minimum Gasteiger partial charge on any atom is -0.339 e. The van der Waals surface area contributed by atoms with Crippen molar-refractivity contribution in [2.75, 3.05) is 7.05 Å². The Morgan fingerprint density at radius 1 is 1.50 bits per heavy atom. The second kappa shape index (κ2) is 4.53. The Kier molecular flexibility index (Phi) is 3.28. The van der Waals surface area contributed by atoms with Crippen molar-refractivity contribution < 1.29 is 9.18 Å². The lowest BCUT2D eigenvalue weighted by Crippen LogP contribution is -2.41. The van der Waals surface area contributed by atoms with Crippen LogP contribution in [0.1, 0.15) is 29.6 Å². The maximum absolute atomic E-state index is 12.9. The normalized spacial score (nSPS) is 15.7. The molecular weight excluding hydrogens is 273 g/mol. The molecule has 0 atom stereocenters. The summed E-state index contributed by atoms with van der Waals surface area (Å²) in [5.74, 6) is -0.383. The van der Waals surface area contributed by atoms with E-state index in [4.69, 9.17) is 0 Å². The number of carbonyl (C=O) groups excluding carboxylic acids is 1. The van der Waals surface area contributed by atoms with E-state index < -0.39 is 0 Å². The molecule has 1 aliphatic carbocycles. The van der Waals surface area contributed by atoms with Crippen molar-refractivity contribution in [1.29, 1.82) is 0 Å². The molecule has 0 heterocycles. The topological polar surface area (TPSA) is 20.3 Å². The van der Waals surface area contributed by atoms with Gasteiger partial charge in [0, 0.05) is 17.6 Å². The van der Waals surface area contributed by atoms with Gasteiger partial charge in [0.2, 0.25) is 0 Å². The number of amides is 1. The summed E-state index contributed by atoms with van der Waals surface area (Å²) in [4.78, 5) is 13.8. The molecule has 16 heavy (non-hydrogen) atoms. The standard InChI is InChI=1S/C12H13BrFNO/c1-15(9-3-2-4-9)12(16)10-6-5-8(14)7-11(10)13/h5-7,9H,2-4H2,1H3. The van der Waals surface area contributed by atoms with Gasteiger partial charge in [0.1, 0.15) is 5.82 Å². The molecule has 0 unspecified atom stereocenters. The van der Waals surface area contributed by atoms with Crippen molar-refractivity contribution in [1.82, 2.24) is 4.90 Å². The third-order valence-electron chi connectivity index (χ3n) is 3.10. The first-order valence-corrected chi connectivity index (χ1v) is 6.11. The van der Waals surface area contributed by atoms with E-state index in [2.05, 4.69) is 15.9 Å². The molecule has 0 bridgehead atoms. The molecule has 0 aliphatic heterocycles.